The Balaban J connectivity index is 1.83. The minimum Gasteiger partial charge on any atom is -0.384 e. The van der Waals surface area contributed by atoms with Crippen LogP contribution in [0.25, 0.3) is 0 Å². The molecule has 4 N–H and O–H groups in total. The van der Waals surface area contributed by atoms with E-state index in [1.54, 1.807) is 23.4 Å². The number of carbonyl (C=O) groups excluding carboxylic acids is 2. The summed E-state index contributed by atoms with van der Waals surface area (Å²) >= 11 is 2.41. The second kappa shape index (κ2) is 8.25. The Morgan fingerprint density at radius 2 is 2.23 bits per heavy atom. The van der Waals surface area contributed by atoms with Crippen molar-refractivity contribution < 1.29 is 9.59 Å². The molecule has 1 unspecified atom stereocenters. The first-order valence-corrected chi connectivity index (χ1v) is 10.9. The molecule has 11 heteroatoms. The molecule has 152 valence electrons. The second-order valence-electron chi connectivity index (χ2n) is 6.71. The molecule has 0 bridgehead atoms. The molecule has 2 aromatic rings. The fourth-order valence-corrected chi connectivity index (χ4v) is 5.29. The Kier molecular flexibility index (Phi) is 5.52. The Morgan fingerprint density at radius 3 is 2.93 bits per heavy atom. The minimum atomic E-state index is -0.556. The zero-order chi connectivity index (χ0) is 21.3. The summed E-state index contributed by atoms with van der Waals surface area (Å²) in [5.74, 6) is -0.716. The molecule has 0 spiro atoms. The topological polar surface area (TPSA) is 152 Å². The van der Waals surface area contributed by atoms with E-state index in [1.165, 1.54) is 23.1 Å². The second-order valence-corrected chi connectivity index (χ2v) is 8.89. The number of nitrogens with zero attached hydrogens (tertiary/aromatic N) is 5. The lowest BCUT2D eigenvalue weighted by Gasteiger charge is -2.37. The van der Waals surface area contributed by atoms with Crippen LogP contribution in [0.1, 0.15) is 30.7 Å². The summed E-state index contributed by atoms with van der Waals surface area (Å²) in [7, 11) is 0. The molecule has 1 amide bonds. The Labute approximate surface area is 180 Å². The molecule has 2 aliphatic rings. The molecule has 0 radical (unpaired) electrons. The van der Waals surface area contributed by atoms with Crippen molar-refractivity contribution in [3.63, 3.8) is 0 Å². The molecule has 0 fully saturated rings. The number of nitriles is 1. The number of hydrogen-bond acceptors (Lipinski definition) is 10. The van der Waals surface area contributed by atoms with Crippen LogP contribution >= 0.6 is 23.1 Å². The van der Waals surface area contributed by atoms with Gasteiger partial charge in [-0.3, -0.25) is 19.5 Å². The van der Waals surface area contributed by atoms with Gasteiger partial charge in [0.05, 0.1) is 23.3 Å². The number of ketones is 1. The number of primary amides is 1. The van der Waals surface area contributed by atoms with Crippen LogP contribution in [0.4, 0.5) is 5.13 Å². The molecule has 2 aromatic heterocycles. The number of amides is 1. The number of anilines is 1. The lowest BCUT2D eigenvalue weighted by atomic mass is 9.76. The molecule has 3 heterocycles. The molecule has 9 nitrogen and oxygen atoms in total. The van der Waals surface area contributed by atoms with E-state index in [0.29, 0.717) is 34.3 Å². The number of aromatic nitrogens is 3. The zero-order valence-electron chi connectivity index (χ0n) is 15.7. The van der Waals surface area contributed by atoms with Crippen LogP contribution in [0.5, 0.6) is 0 Å². The third-order valence-electron chi connectivity index (χ3n) is 4.86. The van der Waals surface area contributed by atoms with Gasteiger partial charge in [-0.2, -0.15) is 5.26 Å². The van der Waals surface area contributed by atoms with Crippen molar-refractivity contribution in [3.05, 3.63) is 52.8 Å². The van der Waals surface area contributed by atoms with Crippen molar-refractivity contribution in [1.29, 1.82) is 5.26 Å². The quantitative estimate of drug-likeness (QED) is 0.664. The van der Waals surface area contributed by atoms with E-state index in [-0.39, 0.29) is 22.9 Å². The van der Waals surface area contributed by atoms with Gasteiger partial charge in [0.1, 0.15) is 5.82 Å². The van der Waals surface area contributed by atoms with E-state index in [2.05, 4.69) is 21.3 Å². The molecule has 0 aromatic carbocycles. The van der Waals surface area contributed by atoms with Gasteiger partial charge in [-0.15, -0.1) is 10.2 Å². The third-order valence-corrected chi connectivity index (χ3v) is 6.92. The van der Waals surface area contributed by atoms with Crippen molar-refractivity contribution in [2.75, 3.05) is 10.7 Å². The maximum atomic E-state index is 13.0. The van der Waals surface area contributed by atoms with E-state index in [9.17, 15) is 14.9 Å². The van der Waals surface area contributed by atoms with E-state index in [4.69, 9.17) is 11.5 Å². The van der Waals surface area contributed by atoms with Crippen LogP contribution in [0.3, 0.4) is 0 Å². The highest BCUT2D eigenvalue weighted by Gasteiger charge is 2.41. The van der Waals surface area contributed by atoms with Crippen LogP contribution in [0.15, 0.2) is 51.5 Å². The molecule has 1 atom stereocenters. The summed E-state index contributed by atoms with van der Waals surface area (Å²) in [5, 5.41) is 18.6. The molecular formula is C19H17N7O2S2. The Hall–Kier alpha value is -3.23. The molecule has 1 aliphatic carbocycles. The predicted octanol–water partition coefficient (Wildman–Crippen LogP) is 1.82. The van der Waals surface area contributed by atoms with Crippen LogP contribution in [0, 0.1) is 11.3 Å². The third kappa shape index (κ3) is 3.55. The highest BCUT2D eigenvalue weighted by molar-refractivity contribution is 8.01. The van der Waals surface area contributed by atoms with Gasteiger partial charge in [0.2, 0.25) is 11.0 Å². The predicted molar refractivity (Wildman–Crippen MR) is 112 cm³/mol. The van der Waals surface area contributed by atoms with E-state index < -0.39 is 11.8 Å². The SMILES string of the molecule is N#CC1=C(N)N(c2nnc(SCC(N)=O)s2)C2=C(C(=O)CCC2)C1c1cccnc1. The largest absolute Gasteiger partial charge is 0.384 e. The summed E-state index contributed by atoms with van der Waals surface area (Å²) < 4.78 is 0.550. The molecule has 0 saturated carbocycles. The van der Waals surface area contributed by atoms with Crippen LogP contribution < -0.4 is 16.4 Å². The average molecular weight is 440 g/mol. The summed E-state index contributed by atoms with van der Waals surface area (Å²) in [6.45, 7) is 0. The summed E-state index contributed by atoms with van der Waals surface area (Å²) in [6.07, 6.45) is 5.02. The monoisotopic (exact) mass is 439 g/mol. The number of rotatable bonds is 5. The van der Waals surface area contributed by atoms with E-state index in [0.717, 1.165) is 11.3 Å². The van der Waals surface area contributed by atoms with Gasteiger partial charge in [-0.05, 0) is 24.5 Å². The number of thioether (sulfide) groups is 1. The molecule has 30 heavy (non-hydrogen) atoms. The molecule has 1 aliphatic heterocycles. The lowest BCUT2D eigenvalue weighted by Crippen LogP contribution is -2.38. The average Bonchev–Trinajstić information content (AvgIpc) is 3.20. The first kappa shape index (κ1) is 20.1. The zero-order valence-corrected chi connectivity index (χ0v) is 17.4. The Bertz CT molecular complexity index is 1120. The number of hydrogen-bond donors (Lipinski definition) is 2. The molecule has 4 rings (SSSR count). The van der Waals surface area contributed by atoms with Gasteiger partial charge in [0.25, 0.3) is 0 Å². The maximum Gasteiger partial charge on any atom is 0.227 e. The summed E-state index contributed by atoms with van der Waals surface area (Å²) in [4.78, 5) is 29.8. The highest BCUT2D eigenvalue weighted by Crippen LogP contribution is 2.46. The van der Waals surface area contributed by atoms with Gasteiger partial charge in [-0.25, -0.2) is 0 Å². The number of allylic oxidation sites excluding steroid dienone is 3. The van der Waals surface area contributed by atoms with Crippen molar-refractivity contribution >= 4 is 39.9 Å². The standard InChI is InChI=1S/C19H17N7O2S2/c20-7-11-15(10-3-2-6-23-8-10)16-12(4-1-5-13(16)27)26(17(11)22)18-24-25-19(30-18)29-9-14(21)28/h2-3,6,8,15H,1,4-5,9,22H2,(H2,21,28). The van der Waals surface area contributed by atoms with Gasteiger partial charge in [0.15, 0.2) is 10.1 Å². The highest BCUT2D eigenvalue weighted by atomic mass is 32.2. The number of nitrogens with two attached hydrogens (primary N) is 2. The lowest BCUT2D eigenvalue weighted by molar-refractivity contribution is -0.116. The van der Waals surface area contributed by atoms with Crippen molar-refractivity contribution in [3.8, 4) is 6.07 Å². The maximum absolute atomic E-state index is 13.0. The smallest absolute Gasteiger partial charge is 0.227 e. The van der Waals surface area contributed by atoms with Gasteiger partial charge < -0.3 is 11.5 Å². The normalized spacial score (nSPS) is 19.0. The Morgan fingerprint density at radius 1 is 1.40 bits per heavy atom. The number of carbonyl (C=O) groups is 2. The van der Waals surface area contributed by atoms with Crippen molar-refractivity contribution in [1.82, 2.24) is 15.2 Å². The van der Waals surface area contributed by atoms with Gasteiger partial charge in [-0.1, -0.05) is 29.2 Å². The summed E-state index contributed by atoms with van der Waals surface area (Å²) in [5.41, 5.74) is 14.0. The molecule has 0 saturated heterocycles. The first-order valence-electron chi connectivity index (χ1n) is 9.12. The molecular weight excluding hydrogens is 422 g/mol. The fourth-order valence-electron chi connectivity index (χ4n) is 3.67. The van der Waals surface area contributed by atoms with Gasteiger partial charge in [0, 0.05) is 30.1 Å². The first-order chi connectivity index (χ1) is 14.5. The van der Waals surface area contributed by atoms with Crippen LogP contribution in [-0.2, 0) is 9.59 Å². The van der Waals surface area contributed by atoms with Crippen LogP contribution in [-0.4, -0.2) is 32.6 Å². The fraction of sp³-hybridized carbons (Fsp3) is 0.263. The number of pyridine rings is 1. The van der Waals surface area contributed by atoms with Gasteiger partial charge >= 0.3 is 0 Å². The van der Waals surface area contributed by atoms with Crippen molar-refractivity contribution in [2.24, 2.45) is 11.5 Å². The minimum absolute atomic E-state index is 0.0109. The van der Waals surface area contributed by atoms with Crippen molar-refractivity contribution in [2.45, 2.75) is 29.5 Å². The summed E-state index contributed by atoms with van der Waals surface area (Å²) in [6, 6.07) is 5.80. The van der Waals surface area contributed by atoms with E-state index >= 15 is 0 Å². The van der Waals surface area contributed by atoms with E-state index in [1.807, 2.05) is 6.07 Å². The van der Waals surface area contributed by atoms with Crippen LogP contribution in [0.2, 0.25) is 0 Å². The number of Topliss-reactive ketones (excluding diaryl/α,β-unsaturated/α-hetero) is 1.